The van der Waals surface area contributed by atoms with Crippen LogP contribution in [0.1, 0.15) is 5.56 Å². The molecule has 0 atom stereocenters. The van der Waals surface area contributed by atoms with Crippen molar-refractivity contribution in [3.63, 3.8) is 0 Å². The van der Waals surface area contributed by atoms with Crippen LogP contribution in [0.3, 0.4) is 0 Å². The number of benzene rings is 3. The van der Waals surface area contributed by atoms with E-state index in [2.05, 4.69) is 9.84 Å². The highest BCUT2D eigenvalue weighted by atomic mass is 19.4. The number of rotatable bonds is 4. The zero-order valence-corrected chi connectivity index (χ0v) is 16.0. The average molecular weight is 450 g/mol. The summed E-state index contributed by atoms with van der Waals surface area (Å²) in [6.07, 6.45) is -5.02. The van der Waals surface area contributed by atoms with E-state index >= 15 is 0 Å². The molecule has 3 aromatic carbocycles. The van der Waals surface area contributed by atoms with Crippen LogP contribution in [-0.4, -0.2) is 16.1 Å². The van der Waals surface area contributed by atoms with Gasteiger partial charge in [-0.15, -0.1) is 13.2 Å². The van der Waals surface area contributed by atoms with Gasteiger partial charge in [0, 0.05) is 22.6 Å². The van der Waals surface area contributed by atoms with Crippen molar-refractivity contribution in [2.75, 3.05) is 0 Å². The van der Waals surface area contributed by atoms with Gasteiger partial charge in [0.25, 0.3) is 0 Å². The van der Waals surface area contributed by atoms with Crippen LogP contribution in [0.5, 0.6) is 5.75 Å². The van der Waals surface area contributed by atoms with Crippen LogP contribution < -0.4 is 10.2 Å². The number of hydrogen-bond acceptors (Lipinski definition) is 3. The molecule has 4 nitrogen and oxygen atoms in total. The van der Waals surface area contributed by atoms with Gasteiger partial charge in [0.05, 0.1) is 12.1 Å². The Morgan fingerprint density at radius 2 is 1.66 bits per heavy atom. The van der Waals surface area contributed by atoms with Crippen molar-refractivity contribution in [2.45, 2.75) is 12.9 Å². The molecule has 0 saturated heterocycles. The fourth-order valence-electron chi connectivity index (χ4n) is 3.23. The van der Waals surface area contributed by atoms with E-state index in [0.29, 0.717) is 12.1 Å². The Labute approximate surface area is 176 Å². The fraction of sp³-hybridized carbons (Fsp3) is 0.0909. The lowest BCUT2D eigenvalue weighted by Crippen LogP contribution is -2.19. The molecule has 0 fully saturated rings. The number of fused-ring (bicyclic) bond motifs is 1. The third-order valence-corrected chi connectivity index (χ3v) is 4.62. The van der Waals surface area contributed by atoms with Crippen LogP contribution in [0.2, 0.25) is 0 Å². The fourth-order valence-corrected chi connectivity index (χ4v) is 3.23. The van der Waals surface area contributed by atoms with Crippen LogP contribution in [0.4, 0.5) is 26.3 Å². The zero-order valence-electron chi connectivity index (χ0n) is 16.0. The molecule has 0 unspecified atom stereocenters. The van der Waals surface area contributed by atoms with Crippen LogP contribution in [0, 0.1) is 17.5 Å². The first-order valence-corrected chi connectivity index (χ1v) is 9.12. The molecule has 0 bridgehead atoms. The quantitative estimate of drug-likeness (QED) is 0.390. The van der Waals surface area contributed by atoms with Crippen molar-refractivity contribution in [1.82, 2.24) is 9.78 Å². The van der Waals surface area contributed by atoms with Crippen LogP contribution in [0.15, 0.2) is 65.5 Å². The molecular weight excluding hydrogens is 438 g/mol. The molecule has 0 aliphatic rings. The SMILES string of the molecule is O=c1c(-c2cc(OC(F)(F)F)ccc2F)nn(Cc2ccc(F)cc2F)c2ccccc12. The molecule has 0 aliphatic carbocycles. The number of ether oxygens (including phenoxy) is 1. The number of para-hydroxylation sites is 1. The minimum absolute atomic E-state index is 0.0354. The second-order valence-electron chi connectivity index (χ2n) is 6.78. The predicted octanol–water partition coefficient (Wildman–Crippen LogP) is 5.43. The van der Waals surface area contributed by atoms with Crippen LogP contribution in [-0.2, 0) is 6.54 Å². The summed E-state index contributed by atoms with van der Waals surface area (Å²) in [5.74, 6) is -3.38. The van der Waals surface area contributed by atoms with Crippen molar-refractivity contribution in [3.8, 4) is 17.0 Å². The highest BCUT2D eigenvalue weighted by Crippen LogP contribution is 2.29. The van der Waals surface area contributed by atoms with E-state index < -0.39 is 46.2 Å². The van der Waals surface area contributed by atoms with Crippen molar-refractivity contribution in [1.29, 1.82) is 0 Å². The summed E-state index contributed by atoms with van der Waals surface area (Å²) in [7, 11) is 0. The second-order valence-corrected chi connectivity index (χ2v) is 6.78. The van der Waals surface area contributed by atoms with Gasteiger partial charge in [-0.25, -0.2) is 13.2 Å². The molecule has 4 aromatic rings. The van der Waals surface area contributed by atoms with Gasteiger partial charge in [-0.2, -0.15) is 5.10 Å². The highest BCUT2D eigenvalue weighted by molar-refractivity contribution is 5.82. The van der Waals surface area contributed by atoms with E-state index in [1.807, 2.05) is 0 Å². The van der Waals surface area contributed by atoms with Crippen LogP contribution >= 0.6 is 0 Å². The summed E-state index contributed by atoms with van der Waals surface area (Å²) in [5.41, 5.74) is -1.44. The summed E-state index contributed by atoms with van der Waals surface area (Å²) in [4.78, 5) is 13.0. The van der Waals surface area contributed by atoms with Gasteiger partial charge in [0.15, 0.2) is 0 Å². The minimum Gasteiger partial charge on any atom is -0.406 e. The zero-order chi connectivity index (χ0) is 23.0. The normalized spacial score (nSPS) is 11.7. The Morgan fingerprint density at radius 1 is 0.906 bits per heavy atom. The Balaban J connectivity index is 1.91. The Morgan fingerprint density at radius 3 is 2.38 bits per heavy atom. The minimum atomic E-state index is -5.02. The van der Waals surface area contributed by atoms with Gasteiger partial charge in [-0.3, -0.25) is 9.48 Å². The lowest BCUT2D eigenvalue weighted by atomic mass is 10.1. The first-order chi connectivity index (χ1) is 15.1. The molecule has 0 aliphatic heterocycles. The number of hydrogen-bond donors (Lipinski definition) is 0. The highest BCUT2D eigenvalue weighted by Gasteiger charge is 2.31. The summed E-state index contributed by atoms with van der Waals surface area (Å²) in [6, 6.07) is 11.2. The van der Waals surface area contributed by atoms with E-state index in [0.717, 1.165) is 18.2 Å². The van der Waals surface area contributed by atoms with Crippen LogP contribution in [0.25, 0.3) is 22.2 Å². The Kier molecular flexibility index (Phi) is 5.37. The third-order valence-electron chi connectivity index (χ3n) is 4.62. The maximum Gasteiger partial charge on any atom is 0.573 e. The molecular formula is C22H12F6N2O2. The molecule has 1 aromatic heterocycles. The summed E-state index contributed by atoms with van der Waals surface area (Å²) < 4.78 is 84.7. The molecule has 4 rings (SSSR count). The van der Waals surface area contributed by atoms with Gasteiger partial charge in [0.2, 0.25) is 5.43 Å². The number of alkyl halides is 3. The molecule has 0 radical (unpaired) electrons. The first kappa shape index (κ1) is 21.4. The van der Waals surface area contributed by atoms with Gasteiger partial charge in [-0.05, 0) is 36.4 Å². The number of aromatic nitrogens is 2. The predicted molar refractivity (Wildman–Crippen MR) is 104 cm³/mol. The van der Waals surface area contributed by atoms with E-state index in [9.17, 15) is 31.1 Å². The van der Waals surface area contributed by atoms with Crippen molar-refractivity contribution < 1.29 is 31.1 Å². The Hall–Kier alpha value is -3.82. The maximum atomic E-state index is 14.5. The summed E-state index contributed by atoms with van der Waals surface area (Å²) in [6.45, 7) is -0.250. The van der Waals surface area contributed by atoms with Crippen molar-refractivity contribution in [3.05, 3.63) is 93.9 Å². The lowest BCUT2D eigenvalue weighted by Gasteiger charge is -2.14. The second kappa shape index (κ2) is 8.03. The molecule has 0 amide bonds. The molecule has 10 heteroatoms. The van der Waals surface area contributed by atoms with E-state index in [1.54, 1.807) is 6.07 Å². The Bertz CT molecular complexity index is 1380. The van der Waals surface area contributed by atoms with Crippen molar-refractivity contribution in [2.24, 2.45) is 0 Å². The summed E-state index contributed by atoms with van der Waals surface area (Å²) >= 11 is 0. The van der Waals surface area contributed by atoms with Gasteiger partial charge >= 0.3 is 6.36 Å². The average Bonchev–Trinajstić information content (AvgIpc) is 2.72. The molecule has 1 heterocycles. The molecule has 0 spiro atoms. The van der Waals surface area contributed by atoms with Gasteiger partial charge in [-0.1, -0.05) is 18.2 Å². The topological polar surface area (TPSA) is 44.1 Å². The van der Waals surface area contributed by atoms with E-state index in [-0.39, 0.29) is 23.0 Å². The number of nitrogens with zero attached hydrogens (tertiary/aromatic N) is 2. The maximum absolute atomic E-state index is 14.5. The monoisotopic (exact) mass is 450 g/mol. The van der Waals surface area contributed by atoms with Gasteiger partial charge < -0.3 is 4.74 Å². The molecule has 0 N–H and O–H groups in total. The third kappa shape index (κ3) is 4.29. The number of halogens is 6. The standard InChI is InChI=1S/C22H12F6N2O2/c23-13-6-5-12(18(25)9-13)11-30-19-4-2-1-3-15(19)21(31)20(29-30)16-10-14(7-8-17(16)24)32-22(26,27)28/h1-10H,11H2. The van der Waals surface area contributed by atoms with E-state index in [1.165, 1.54) is 28.9 Å². The molecule has 0 saturated carbocycles. The smallest absolute Gasteiger partial charge is 0.406 e. The molecule has 164 valence electrons. The molecule has 32 heavy (non-hydrogen) atoms. The van der Waals surface area contributed by atoms with Gasteiger partial charge in [0.1, 0.15) is 28.9 Å². The summed E-state index contributed by atoms with van der Waals surface area (Å²) in [5, 5.41) is 4.18. The largest absolute Gasteiger partial charge is 0.573 e. The first-order valence-electron chi connectivity index (χ1n) is 9.12. The lowest BCUT2D eigenvalue weighted by molar-refractivity contribution is -0.274. The van der Waals surface area contributed by atoms with Crippen molar-refractivity contribution >= 4 is 10.9 Å². The van der Waals surface area contributed by atoms with E-state index in [4.69, 9.17) is 0 Å².